The minimum Gasteiger partial charge on any atom is -0.466 e. The third-order valence-electron chi connectivity index (χ3n) is 1.80. The van der Waals surface area contributed by atoms with Gasteiger partial charge in [0.25, 0.3) is 0 Å². The van der Waals surface area contributed by atoms with Gasteiger partial charge in [0.15, 0.2) is 0 Å². The van der Waals surface area contributed by atoms with Crippen LogP contribution in [0.15, 0.2) is 0 Å². The summed E-state index contributed by atoms with van der Waals surface area (Å²) < 4.78 is 18.1. The summed E-state index contributed by atoms with van der Waals surface area (Å²) in [4.78, 5) is 42.4. The van der Waals surface area contributed by atoms with Crippen LogP contribution in [0.25, 0.3) is 0 Å². The lowest BCUT2D eigenvalue weighted by molar-refractivity contribution is -0.155. The van der Waals surface area contributed by atoms with Crippen LogP contribution >= 0.6 is 0 Å². The molecule has 0 heterocycles. The van der Waals surface area contributed by atoms with Gasteiger partial charge in [-0.25, -0.2) is 0 Å². The van der Waals surface area contributed by atoms with Crippen molar-refractivity contribution in [2.24, 2.45) is 0 Å². The van der Waals surface area contributed by atoms with Gasteiger partial charge in [0.05, 0.1) is 26.4 Å². The van der Waals surface area contributed by atoms with Crippen LogP contribution in [-0.4, -0.2) is 50.3 Å². The molecule has 0 aliphatic carbocycles. The first-order valence-electron chi connectivity index (χ1n) is 7.03. The summed E-state index contributed by atoms with van der Waals surface area (Å²) in [5.74, 6) is -2.14. The predicted molar refractivity (Wildman–Crippen MR) is 170 cm³/mol. The van der Waals surface area contributed by atoms with Gasteiger partial charge in [0.2, 0.25) is 0 Å². The van der Waals surface area contributed by atoms with Crippen molar-refractivity contribution in [3.8, 4) is 0 Å². The molecule has 0 bridgehead atoms. The largest absolute Gasteiger partial charge is 0.466 e. The van der Waals surface area contributed by atoms with Crippen LogP contribution in [0.2, 0.25) is 0 Å². The van der Waals surface area contributed by atoms with Crippen LogP contribution in [0.5, 0.6) is 0 Å². The number of hydrogen-bond acceptors (Lipinski definition) is 8. The average molecular weight is 545 g/mol. The lowest BCUT2D eigenvalue weighted by Crippen LogP contribution is -2.13. The van der Waals surface area contributed by atoms with Crippen LogP contribution in [-0.2, 0) is 38.1 Å². The number of rotatable bonds is 8. The zero-order valence-corrected chi connectivity index (χ0v) is 13.5. The summed E-state index contributed by atoms with van der Waals surface area (Å²) in [5.41, 5.74) is 0. The fourth-order valence-corrected chi connectivity index (χ4v) is 1.08. The highest BCUT2D eigenvalue weighted by atomic mass is 16.6. The van der Waals surface area contributed by atoms with Crippen LogP contribution in [0.3, 0.4) is 0 Å². The third-order valence-corrected chi connectivity index (χ3v) is 1.80. The second kappa shape index (κ2) is 84.6. The van der Waals surface area contributed by atoms with E-state index < -0.39 is 23.9 Å². The van der Waals surface area contributed by atoms with Crippen molar-refractivity contribution in [1.29, 1.82) is 0 Å². The molecule has 0 radical (unpaired) electrons. The van der Waals surface area contributed by atoms with Crippen molar-refractivity contribution in [3.63, 3.8) is 0 Å². The van der Waals surface area contributed by atoms with E-state index in [2.05, 4.69) is 18.9 Å². The summed E-state index contributed by atoms with van der Waals surface area (Å²) in [6.45, 7) is 7.89. The van der Waals surface area contributed by atoms with Gasteiger partial charge in [0.1, 0.15) is 12.8 Å². The molecule has 0 N–H and O–H groups in total. The standard InChI is InChI=1S/2C7H12O4.14CH4/c2*1-3-10-6(8)5-7(9)11-4-2;;;;;;;;;;;;;;/h2*3-5H2,1-2H3;14*1H4. The smallest absolute Gasteiger partial charge is 0.317 e. The second-order valence-electron chi connectivity index (χ2n) is 3.57. The van der Waals surface area contributed by atoms with Crippen molar-refractivity contribution < 1.29 is 38.1 Å². The molecule has 0 saturated carbocycles. The predicted octanol–water partition coefficient (Wildman–Crippen LogP) is 9.91. The molecule has 0 saturated heterocycles. The fourth-order valence-electron chi connectivity index (χ4n) is 1.08. The molecule has 0 aliphatic rings. The molecule has 0 aromatic carbocycles. The lowest BCUT2D eigenvalue weighted by atomic mass is 10.4. The van der Waals surface area contributed by atoms with E-state index in [1.54, 1.807) is 27.7 Å². The summed E-state index contributed by atoms with van der Waals surface area (Å²) >= 11 is 0. The van der Waals surface area contributed by atoms with Gasteiger partial charge in [-0.05, 0) is 27.7 Å². The molecule has 0 spiro atoms. The van der Waals surface area contributed by atoms with Crippen molar-refractivity contribution in [1.82, 2.24) is 0 Å². The SMILES string of the molecule is C.C.C.C.C.C.C.C.C.C.C.C.C.C.CCOC(=O)CC(=O)OCC.CCOC(=O)CC(=O)OCC. The fraction of sp³-hybridized carbons (Fsp3) is 0.857. The Balaban J connectivity index is -0.0000000114. The number of carbonyl (C=O) groups is 4. The first-order chi connectivity index (χ1) is 10.4. The van der Waals surface area contributed by atoms with Crippen LogP contribution in [0.1, 0.15) is 145 Å². The molecule has 0 rings (SSSR count). The maximum Gasteiger partial charge on any atom is 0.317 e. The number of carbonyl (C=O) groups excluding carboxylic acids is 4. The molecule has 0 aliphatic heterocycles. The van der Waals surface area contributed by atoms with Gasteiger partial charge in [-0.1, -0.05) is 104 Å². The first-order valence-corrected chi connectivity index (χ1v) is 7.03. The maximum absolute atomic E-state index is 10.6. The molecular weight excluding hydrogens is 464 g/mol. The Bertz CT molecular complexity index is 291. The van der Waals surface area contributed by atoms with E-state index in [9.17, 15) is 19.2 Å². The number of esters is 4. The summed E-state index contributed by atoms with van der Waals surface area (Å²) in [5, 5.41) is 0. The quantitative estimate of drug-likeness (QED) is 0.169. The van der Waals surface area contributed by atoms with E-state index in [4.69, 9.17) is 0 Å². The molecule has 240 valence electrons. The minimum absolute atomic E-state index is 0. The Labute approximate surface area is 233 Å². The number of ether oxygens (including phenoxy) is 4. The molecule has 0 amide bonds. The highest BCUT2D eigenvalue weighted by Crippen LogP contribution is 1.90. The Morgan fingerprint density at radius 3 is 0.528 bits per heavy atom. The molecule has 8 nitrogen and oxygen atoms in total. The van der Waals surface area contributed by atoms with Crippen LogP contribution in [0.4, 0.5) is 0 Å². The molecular formula is C28H80O8. The minimum atomic E-state index is -0.536. The first kappa shape index (κ1) is 115. The molecule has 0 unspecified atom stereocenters. The maximum atomic E-state index is 10.6. The molecule has 0 atom stereocenters. The molecule has 0 aromatic heterocycles. The average Bonchev–Trinajstić information content (AvgIpc) is 2.40. The highest BCUT2D eigenvalue weighted by Gasteiger charge is 2.10. The highest BCUT2D eigenvalue weighted by molar-refractivity contribution is 5.91. The third kappa shape index (κ3) is 95.1. The zero-order valence-electron chi connectivity index (χ0n) is 13.5. The van der Waals surface area contributed by atoms with E-state index in [-0.39, 0.29) is 143 Å². The van der Waals surface area contributed by atoms with Crippen LogP contribution in [0, 0.1) is 0 Å². The van der Waals surface area contributed by atoms with E-state index in [1.165, 1.54) is 0 Å². The summed E-state index contributed by atoms with van der Waals surface area (Å²) in [7, 11) is 0. The van der Waals surface area contributed by atoms with E-state index >= 15 is 0 Å². The molecule has 8 heteroatoms. The van der Waals surface area contributed by atoms with Gasteiger partial charge >= 0.3 is 23.9 Å². The lowest BCUT2D eigenvalue weighted by Gasteiger charge is -2.00. The van der Waals surface area contributed by atoms with Crippen LogP contribution < -0.4 is 0 Å². The van der Waals surface area contributed by atoms with Crippen molar-refractivity contribution in [2.75, 3.05) is 26.4 Å². The Morgan fingerprint density at radius 1 is 0.333 bits per heavy atom. The molecule has 0 aromatic rings. The molecule has 0 fully saturated rings. The van der Waals surface area contributed by atoms with Gasteiger partial charge in [0, 0.05) is 0 Å². The van der Waals surface area contributed by atoms with Gasteiger partial charge < -0.3 is 18.9 Å². The number of hydrogen-bond donors (Lipinski definition) is 0. The normalized spacial score (nSPS) is 5.44. The Kier molecular flexibility index (Phi) is 269. The van der Waals surface area contributed by atoms with Crippen molar-refractivity contribution in [3.05, 3.63) is 0 Å². The van der Waals surface area contributed by atoms with Gasteiger partial charge in [-0.2, -0.15) is 0 Å². The van der Waals surface area contributed by atoms with Crippen molar-refractivity contribution >= 4 is 23.9 Å². The second-order valence-corrected chi connectivity index (χ2v) is 3.57. The van der Waals surface area contributed by atoms with E-state index in [0.29, 0.717) is 0 Å². The summed E-state index contributed by atoms with van der Waals surface area (Å²) in [6, 6.07) is 0. The Morgan fingerprint density at radius 2 is 0.444 bits per heavy atom. The zero-order chi connectivity index (χ0) is 17.4. The van der Waals surface area contributed by atoms with Gasteiger partial charge in [-0.15, -0.1) is 0 Å². The van der Waals surface area contributed by atoms with Crippen molar-refractivity contribution in [2.45, 2.75) is 145 Å². The van der Waals surface area contributed by atoms with E-state index in [1.807, 2.05) is 0 Å². The summed E-state index contributed by atoms with van der Waals surface area (Å²) in [6.07, 6.45) is -0.580. The monoisotopic (exact) mass is 545 g/mol. The molecule has 36 heavy (non-hydrogen) atoms. The van der Waals surface area contributed by atoms with E-state index in [0.717, 1.165) is 0 Å². The van der Waals surface area contributed by atoms with Gasteiger partial charge in [-0.3, -0.25) is 19.2 Å². The Hall–Kier alpha value is -2.12. The topological polar surface area (TPSA) is 105 Å².